The molecule has 0 atom stereocenters. The number of aromatic amines is 1. The van der Waals surface area contributed by atoms with Crippen molar-refractivity contribution in [2.45, 2.75) is 13.3 Å². The molecule has 1 fully saturated rings. The van der Waals surface area contributed by atoms with E-state index in [0.717, 1.165) is 12.1 Å². The van der Waals surface area contributed by atoms with E-state index in [2.05, 4.69) is 10.2 Å². The van der Waals surface area contributed by atoms with Crippen molar-refractivity contribution in [3.8, 4) is 0 Å². The summed E-state index contributed by atoms with van der Waals surface area (Å²) in [6, 6.07) is 1.72. The third kappa shape index (κ3) is 3.54. The fourth-order valence-electron chi connectivity index (χ4n) is 2.21. The summed E-state index contributed by atoms with van der Waals surface area (Å²) < 4.78 is 0. The number of rotatable bonds is 3. The molecule has 0 radical (unpaired) electrons. The number of carboxylic acids is 1. The Bertz CT molecular complexity index is 471. The van der Waals surface area contributed by atoms with E-state index in [0.29, 0.717) is 31.9 Å². The second-order valence-corrected chi connectivity index (χ2v) is 4.75. The van der Waals surface area contributed by atoms with Gasteiger partial charge in [-0.25, -0.2) is 0 Å². The van der Waals surface area contributed by atoms with Gasteiger partial charge in [-0.05, 0) is 19.4 Å². The van der Waals surface area contributed by atoms with Crippen LogP contribution >= 0.6 is 0 Å². The quantitative estimate of drug-likeness (QED) is 0.800. The van der Waals surface area contributed by atoms with Crippen LogP contribution in [-0.2, 0) is 4.79 Å². The molecule has 1 aliphatic rings. The maximum atomic E-state index is 12.2. The summed E-state index contributed by atoms with van der Waals surface area (Å²) >= 11 is 0. The van der Waals surface area contributed by atoms with Crippen molar-refractivity contribution in [2.75, 3.05) is 32.7 Å². The number of H-pyrrole nitrogens is 1. The van der Waals surface area contributed by atoms with Crippen LogP contribution in [0.3, 0.4) is 0 Å². The number of nitrogens with one attached hydrogen (secondary N) is 1. The minimum Gasteiger partial charge on any atom is -0.480 e. The summed E-state index contributed by atoms with van der Waals surface area (Å²) in [5.41, 5.74) is 1.27. The molecule has 1 saturated heterocycles. The molecule has 0 unspecified atom stereocenters. The Kier molecular flexibility index (Phi) is 4.16. The van der Waals surface area contributed by atoms with Crippen LogP contribution in [0.5, 0.6) is 0 Å². The first-order chi connectivity index (χ1) is 9.06. The number of carbonyl (C=O) groups excluding carboxylic acids is 1. The number of hydrogen-bond acceptors (Lipinski definition) is 4. The molecule has 0 aliphatic carbocycles. The van der Waals surface area contributed by atoms with E-state index in [-0.39, 0.29) is 12.5 Å². The second-order valence-electron chi connectivity index (χ2n) is 4.75. The van der Waals surface area contributed by atoms with Gasteiger partial charge in [-0.2, -0.15) is 5.10 Å². The first kappa shape index (κ1) is 13.5. The normalized spacial score (nSPS) is 17.2. The SMILES string of the molecule is Cc1cc(C(=O)N2CCCN(CC(=O)O)CC2)n[nH]1. The fourth-order valence-corrected chi connectivity index (χ4v) is 2.21. The number of aryl methyl sites for hydroxylation is 1. The van der Waals surface area contributed by atoms with E-state index in [1.807, 2.05) is 11.8 Å². The molecular formula is C12H18N4O3. The molecule has 1 aliphatic heterocycles. The molecule has 0 saturated carbocycles. The number of amides is 1. The maximum Gasteiger partial charge on any atom is 0.317 e. The van der Waals surface area contributed by atoms with Gasteiger partial charge in [0.15, 0.2) is 0 Å². The topological polar surface area (TPSA) is 89.5 Å². The lowest BCUT2D eigenvalue weighted by Crippen LogP contribution is -2.36. The Morgan fingerprint density at radius 3 is 2.79 bits per heavy atom. The summed E-state index contributed by atoms with van der Waals surface area (Å²) in [4.78, 5) is 26.5. The lowest BCUT2D eigenvalue weighted by atomic mass is 10.3. The van der Waals surface area contributed by atoms with Crippen LogP contribution in [0, 0.1) is 6.92 Å². The van der Waals surface area contributed by atoms with Crippen LogP contribution < -0.4 is 0 Å². The first-order valence-electron chi connectivity index (χ1n) is 6.31. The third-order valence-electron chi connectivity index (χ3n) is 3.16. The summed E-state index contributed by atoms with van der Waals surface area (Å²) in [7, 11) is 0. The molecule has 19 heavy (non-hydrogen) atoms. The minimum absolute atomic E-state index is 0.0313. The molecule has 104 valence electrons. The van der Waals surface area contributed by atoms with Gasteiger partial charge in [-0.3, -0.25) is 19.6 Å². The van der Waals surface area contributed by atoms with Crippen LogP contribution in [0.25, 0.3) is 0 Å². The van der Waals surface area contributed by atoms with Crippen LogP contribution in [-0.4, -0.2) is 69.7 Å². The van der Waals surface area contributed by atoms with Gasteiger partial charge in [0.25, 0.3) is 5.91 Å². The Labute approximate surface area is 111 Å². The van der Waals surface area contributed by atoms with Crippen molar-refractivity contribution in [3.05, 3.63) is 17.5 Å². The van der Waals surface area contributed by atoms with Gasteiger partial charge in [-0.15, -0.1) is 0 Å². The van der Waals surface area contributed by atoms with Gasteiger partial charge in [0.2, 0.25) is 0 Å². The van der Waals surface area contributed by atoms with Gasteiger partial charge in [0, 0.05) is 31.9 Å². The molecule has 7 nitrogen and oxygen atoms in total. The predicted octanol–water partition coefficient (Wildman–Crippen LogP) is -0.0494. The van der Waals surface area contributed by atoms with E-state index in [4.69, 9.17) is 5.11 Å². The zero-order chi connectivity index (χ0) is 13.8. The number of nitrogens with zero attached hydrogens (tertiary/aromatic N) is 3. The number of carbonyl (C=O) groups is 2. The Balaban J connectivity index is 1.95. The van der Waals surface area contributed by atoms with E-state index in [9.17, 15) is 9.59 Å². The zero-order valence-electron chi connectivity index (χ0n) is 10.9. The highest BCUT2D eigenvalue weighted by Crippen LogP contribution is 2.08. The summed E-state index contributed by atoms with van der Waals surface area (Å²) in [5.74, 6) is -0.927. The number of hydrogen-bond donors (Lipinski definition) is 2. The molecule has 0 aromatic carbocycles. The lowest BCUT2D eigenvalue weighted by Gasteiger charge is -2.20. The van der Waals surface area contributed by atoms with Gasteiger partial charge < -0.3 is 10.0 Å². The molecule has 1 aromatic rings. The average molecular weight is 266 g/mol. The third-order valence-corrected chi connectivity index (χ3v) is 3.16. The molecule has 2 N–H and O–H groups in total. The van der Waals surface area contributed by atoms with Crippen molar-refractivity contribution in [2.24, 2.45) is 0 Å². The van der Waals surface area contributed by atoms with Gasteiger partial charge >= 0.3 is 5.97 Å². The van der Waals surface area contributed by atoms with Crippen molar-refractivity contribution >= 4 is 11.9 Å². The molecule has 1 aromatic heterocycles. The predicted molar refractivity (Wildman–Crippen MR) is 67.9 cm³/mol. The Hall–Kier alpha value is -1.89. The standard InChI is InChI=1S/C12H18N4O3/c1-9-7-10(14-13-9)12(19)16-4-2-3-15(5-6-16)8-11(17)18/h7H,2-6,8H2,1H3,(H,13,14)(H,17,18). The smallest absolute Gasteiger partial charge is 0.317 e. The average Bonchev–Trinajstić information content (AvgIpc) is 2.65. The summed E-state index contributed by atoms with van der Waals surface area (Å²) in [6.45, 7) is 4.35. The van der Waals surface area contributed by atoms with Crippen molar-refractivity contribution < 1.29 is 14.7 Å². The number of carboxylic acid groups (broad SMARTS) is 1. The highest BCUT2D eigenvalue weighted by atomic mass is 16.4. The molecule has 0 spiro atoms. The molecule has 1 amide bonds. The van der Waals surface area contributed by atoms with Crippen molar-refractivity contribution in [1.82, 2.24) is 20.0 Å². The second kappa shape index (κ2) is 5.83. The summed E-state index contributed by atoms with van der Waals surface area (Å²) in [6.07, 6.45) is 0.780. The number of aliphatic carboxylic acids is 1. The van der Waals surface area contributed by atoms with Crippen LogP contribution in [0.2, 0.25) is 0 Å². The zero-order valence-corrected chi connectivity index (χ0v) is 10.9. The van der Waals surface area contributed by atoms with Gasteiger partial charge in [-0.1, -0.05) is 0 Å². The molecular weight excluding hydrogens is 248 g/mol. The van der Waals surface area contributed by atoms with E-state index >= 15 is 0 Å². The highest BCUT2D eigenvalue weighted by molar-refractivity contribution is 5.92. The first-order valence-corrected chi connectivity index (χ1v) is 6.31. The Morgan fingerprint density at radius 1 is 1.37 bits per heavy atom. The van der Waals surface area contributed by atoms with E-state index in [1.54, 1.807) is 11.0 Å². The molecule has 0 bridgehead atoms. The van der Waals surface area contributed by atoms with E-state index < -0.39 is 5.97 Å². The van der Waals surface area contributed by atoms with Crippen LogP contribution in [0.4, 0.5) is 0 Å². The highest BCUT2D eigenvalue weighted by Gasteiger charge is 2.22. The maximum absolute atomic E-state index is 12.2. The summed E-state index contributed by atoms with van der Waals surface area (Å²) in [5, 5.41) is 15.5. The van der Waals surface area contributed by atoms with Crippen molar-refractivity contribution in [1.29, 1.82) is 0 Å². The molecule has 2 heterocycles. The Morgan fingerprint density at radius 2 is 2.16 bits per heavy atom. The fraction of sp³-hybridized carbons (Fsp3) is 0.583. The van der Waals surface area contributed by atoms with Gasteiger partial charge in [0.05, 0.1) is 6.54 Å². The van der Waals surface area contributed by atoms with Gasteiger partial charge in [0.1, 0.15) is 5.69 Å². The largest absolute Gasteiger partial charge is 0.480 e. The van der Waals surface area contributed by atoms with Crippen molar-refractivity contribution in [3.63, 3.8) is 0 Å². The molecule has 7 heteroatoms. The lowest BCUT2D eigenvalue weighted by molar-refractivity contribution is -0.138. The van der Waals surface area contributed by atoms with Crippen LogP contribution in [0.1, 0.15) is 22.6 Å². The monoisotopic (exact) mass is 266 g/mol. The van der Waals surface area contributed by atoms with Crippen LogP contribution in [0.15, 0.2) is 6.07 Å². The number of aromatic nitrogens is 2. The minimum atomic E-state index is -0.831. The molecule has 2 rings (SSSR count). The van der Waals surface area contributed by atoms with E-state index in [1.165, 1.54) is 0 Å².